The average molecular weight is 341 g/mol. The highest BCUT2D eigenvalue weighted by atomic mass is 16.3. The van der Waals surface area contributed by atoms with Gasteiger partial charge in [-0.3, -0.25) is 9.78 Å². The van der Waals surface area contributed by atoms with E-state index in [0.29, 0.717) is 18.8 Å². The first-order chi connectivity index (χ1) is 11.9. The fourth-order valence-electron chi connectivity index (χ4n) is 3.61. The molecule has 1 saturated heterocycles. The van der Waals surface area contributed by atoms with E-state index >= 15 is 0 Å². The van der Waals surface area contributed by atoms with Gasteiger partial charge in [0.1, 0.15) is 11.3 Å². The van der Waals surface area contributed by atoms with Gasteiger partial charge in [0.2, 0.25) is 5.91 Å². The lowest BCUT2D eigenvalue weighted by Gasteiger charge is -2.41. The number of nitrogens with zero attached hydrogens (tertiary/aromatic N) is 5. The third-order valence-corrected chi connectivity index (χ3v) is 5.18. The normalized spacial score (nSPS) is 20.9. The van der Waals surface area contributed by atoms with Crippen molar-refractivity contribution >= 4 is 5.91 Å². The molecule has 0 saturated carbocycles. The third-order valence-electron chi connectivity index (χ3n) is 5.18. The smallest absolute Gasteiger partial charge is 0.231 e. The number of rotatable bonds is 3. The molecule has 4 rings (SSSR count). The molecule has 2 aliphatic rings. The van der Waals surface area contributed by atoms with Crippen molar-refractivity contribution in [2.24, 2.45) is 0 Å². The SMILES string of the molecule is CC(C)(O)c1cn(C2CN(C(=O)C3CCCc4cccnc43)C2)nn1. The van der Waals surface area contributed by atoms with Crippen molar-refractivity contribution in [1.29, 1.82) is 0 Å². The van der Waals surface area contributed by atoms with Crippen molar-refractivity contribution in [2.45, 2.75) is 50.7 Å². The number of aryl methyl sites for hydroxylation is 1. The predicted octanol–water partition coefficient (Wildman–Crippen LogP) is 1.40. The van der Waals surface area contributed by atoms with E-state index in [9.17, 15) is 9.90 Å². The van der Waals surface area contributed by atoms with Crippen molar-refractivity contribution in [2.75, 3.05) is 13.1 Å². The van der Waals surface area contributed by atoms with Gasteiger partial charge >= 0.3 is 0 Å². The summed E-state index contributed by atoms with van der Waals surface area (Å²) in [5.41, 5.74) is 1.69. The van der Waals surface area contributed by atoms with Gasteiger partial charge in [0.25, 0.3) is 0 Å². The van der Waals surface area contributed by atoms with Crippen molar-refractivity contribution in [3.63, 3.8) is 0 Å². The van der Waals surface area contributed by atoms with Gasteiger partial charge in [-0.1, -0.05) is 11.3 Å². The number of fused-ring (bicyclic) bond motifs is 1. The van der Waals surface area contributed by atoms with Crippen molar-refractivity contribution < 1.29 is 9.90 Å². The molecule has 0 spiro atoms. The number of carbonyl (C=O) groups is 1. The van der Waals surface area contributed by atoms with Crippen LogP contribution in [-0.4, -0.2) is 49.0 Å². The molecular weight excluding hydrogens is 318 g/mol. The number of aliphatic hydroxyl groups is 1. The van der Waals surface area contributed by atoms with Crippen LogP contribution in [-0.2, 0) is 16.8 Å². The molecule has 7 nitrogen and oxygen atoms in total. The first-order valence-electron chi connectivity index (χ1n) is 8.81. The van der Waals surface area contributed by atoms with Crippen molar-refractivity contribution in [3.8, 4) is 0 Å². The highest BCUT2D eigenvalue weighted by Gasteiger charge is 2.38. The molecule has 1 fully saturated rings. The fourth-order valence-corrected chi connectivity index (χ4v) is 3.61. The van der Waals surface area contributed by atoms with Crippen molar-refractivity contribution in [1.82, 2.24) is 24.9 Å². The lowest BCUT2D eigenvalue weighted by atomic mass is 9.85. The minimum absolute atomic E-state index is 0.117. The molecule has 25 heavy (non-hydrogen) atoms. The van der Waals surface area contributed by atoms with Gasteiger partial charge < -0.3 is 10.0 Å². The Morgan fingerprint density at radius 1 is 1.36 bits per heavy atom. The van der Waals surface area contributed by atoms with Crippen LogP contribution in [0.4, 0.5) is 0 Å². The second-order valence-corrected chi connectivity index (χ2v) is 7.53. The lowest BCUT2D eigenvalue weighted by Crippen LogP contribution is -2.52. The quantitative estimate of drug-likeness (QED) is 0.912. The molecule has 2 aromatic heterocycles. The maximum absolute atomic E-state index is 12.9. The van der Waals surface area contributed by atoms with Crippen LogP contribution in [0.2, 0.25) is 0 Å². The molecular formula is C18H23N5O2. The van der Waals surface area contributed by atoms with Crippen LogP contribution >= 0.6 is 0 Å². The highest BCUT2D eigenvalue weighted by Crippen LogP contribution is 2.34. The van der Waals surface area contributed by atoms with E-state index in [0.717, 1.165) is 25.0 Å². The van der Waals surface area contributed by atoms with Crippen LogP contribution in [0, 0.1) is 0 Å². The molecule has 2 aromatic rings. The minimum Gasteiger partial charge on any atom is -0.384 e. The van der Waals surface area contributed by atoms with E-state index in [1.54, 1.807) is 30.9 Å². The van der Waals surface area contributed by atoms with Gasteiger partial charge in [-0.15, -0.1) is 5.10 Å². The summed E-state index contributed by atoms with van der Waals surface area (Å²) in [6.07, 6.45) is 6.45. The molecule has 132 valence electrons. The summed E-state index contributed by atoms with van der Waals surface area (Å²) in [5, 5.41) is 18.1. The average Bonchev–Trinajstić information content (AvgIpc) is 3.02. The summed E-state index contributed by atoms with van der Waals surface area (Å²) >= 11 is 0. The Morgan fingerprint density at radius 2 is 2.16 bits per heavy atom. The summed E-state index contributed by atoms with van der Waals surface area (Å²) in [5.74, 6) is 0.0484. The Bertz CT molecular complexity index is 789. The Labute approximate surface area is 146 Å². The summed E-state index contributed by atoms with van der Waals surface area (Å²) in [4.78, 5) is 19.2. The minimum atomic E-state index is -1.00. The molecule has 0 radical (unpaired) electrons. The molecule has 1 amide bonds. The van der Waals surface area contributed by atoms with Gasteiger partial charge in [-0.25, -0.2) is 4.68 Å². The first-order valence-corrected chi connectivity index (χ1v) is 8.81. The molecule has 1 atom stereocenters. The van der Waals surface area contributed by atoms with Gasteiger partial charge in [0.05, 0.1) is 23.9 Å². The Kier molecular flexibility index (Phi) is 3.83. The zero-order valence-electron chi connectivity index (χ0n) is 14.6. The monoisotopic (exact) mass is 341 g/mol. The van der Waals surface area contributed by atoms with Gasteiger partial charge in [0.15, 0.2) is 0 Å². The van der Waals surface area contributed by atoms with E-state index in [1.807, 2.05) is 11.0 Å². The van der Waals surface area contributed by atoms with E-state index in [1.165, 1.54) is 5.56 Å². The topological polar surface area (TPSA) is 84.1 Å². The molecule has 7 heteroatoms. The number of carbonyl (C=O) groups excluding carboxylic acids is 1. The molecule has 1 unspecified atom stereocenters. The maximum atomic E-state index is 12.9. The predicted molar refractivity (Wildman–Crippen MR) is 90.8 cm³/mol. The lowest BCUT2D eigenvalue weighted by molar-refractivity contribution is -0.139. The molecule has 1 N–H and O–H groups in total. The Balaban J connectivity index is 1.43. The van der Waals surface area contributed by atoms with Gasteiger partial charge in [-0.2, -0.15) is 0 Å². The molecule has 0 aromatic carbocycles. The van der Waals surface area contributed by atoms with E-state index < -0.39 is 5.60 Å². The maximum Gasteiger partial charge on any atom is 0.231 e. The zero-order chi connectivity index (χ0) is 17.6. The van der Waals surface area contributed by atoms with Crippen LogP contribution < -0.4 is 0 Å². The van der Waals surface area contributed by atoms with E-state index in [4.69, 9.17) is 0 Å². The largest absolute Gasteiger partial charge is 0.384 e. The zero-order valence-corrected chi connectivity index (χ0v) is 14.6. The number of likely N-dealkylation sites (tertiary alicyclic amines) is 1. The van der Waals surface area contributed by atoms with Gasteiger partial charge in [-0.05, 0) is 44.7 Å². The van der Waals surface area contributed by atoms with E-state index in [-0.39, 0.29) is 17.9 Å². The molecule has 1 aliphatic heterocycles. The highest BCUT2D eigenvalue weighted by molar-refractivity contribution is 5.84. The second kappa shape index (κ2) is 5.91. The molecule has 1 aliphatic carbocycles. The summed E-state index contributed by atoms with van der Waals surface area (Å²) in [6, 6.07) is 4.14. The van der Waals surface area contributed by atoms with E-state index in [2.05, 4.69) is 21.4 Å². The van der Waals surface area contributed by atoms with Crippen LogP contribution in [0.5, 0.6) is 0 Å². The summed E-state index contributed by atoms with van der Waals surface area (Å²) < 4.78 is 1.75. The third kappa shape index (κ3) is 2.93. The van der Waals surface area contributed by atoms with Crippen LogP contribution in [0.3, 0.4) is 0 Å². The fraction of sp³-hybridized carbons (Fsp3) is 0.556. The number of hydrogen-bond donors (Lipinski definition) is 1. The standard InChI is InChI=1S/C18H23N5O2/c1-18(2,25)15-11-23(21-20-15)13-9-22(10-13)17(24)14-7-3-5-12-6-4-8-19-16(12)14/h4,6,8,11,13-14,25H,3,5,7,9-10H2,1-2H3. The van der Waals surface area contributed by atoms with Crippen LogP contribution in [0.1, 0.15) is 55.6 Å². The summed E-state index contributed by atoms with van der Waals surface area (Å²) in [6.45, 7) is 4.63. The number of amides is 1. The Morgan fingerprint density at radius 3 is 2.88 bits per heavy atom. The molecule has 0 bridgehead atoms. The van der Waals surface area contributed by atoms with Gasteiger partial charge in [0, 0.05) is 19.3 Å². The second-order valence-electron chi connectivity index (χ2n) is 7.53. The number of hydrogen-bond acceptors (Lipinski definition) is 5. The Hall–Kier alpha value is -2.28. The van der Waals surface area contributed by atoms with Crippen LogP contribution in [0.25, 0.3) is 0 Å². The molecule has 3 heterocycles. The first kappa shape index (κ1) is 16.2. The van der Waals surface area contributed by atoms with Crippen LogP contribution in [0.15, 0.2) is 24.5 Å². The summed E-state index contributed by atoms with van der Waals surface area (Å²) in [7, 11) is 0. The number of pyridine rings is 1. The van der Waals surface area contributed by atoms with Crippen molar-refractivity contribution in [3.05, 3.63) is 41.5 Å². The number of aromatic nitrogens is 4.